The van der Waals surface area contributed by atoms with Gasteiger partial charge in [0.15, 0.2) is 0 Å². The van der Waals surface area contributed by atoms with E-state index in [9.17, 15) is 9.59 Å². The first kappa shape index (κ1) is 18.8. The lowest BCUT2D eigenvalue weighted by Crippen LogP contribution is -2.43. The summed E-state index contributed by atoms with van der Waals surface area (Å²) in [4.78, 5) is 22.6. The van der Waals surface area contributed by atoms with Crippen molar-refractivity contribution in [1.82, 2.24) is 5.32 Å². The van der Waals surface area contributed by atoms with E-state index in [4.69, 9.17) is 9.84 Å². The largest absolute Gasteiger partial charge is 0.480 e. The fourth-order valence-corrected chi connectivity index (χ4v) is 2.24. The van der Waals surface area contributed by atoms with Crippen LogP contribution in [0, 0.1) is 0 Å². The maximum absolute atomic E-state index is 11.5. The molecule has 6 heteroatoms. The van der Waals surface area contributed by atoms with Gasteiger partial charge < -0.3 is 15.2 Å². The second kappa shape index (κ2) is 8.89. The number of hydrogen-bond donors (Lipinski definition) is 2. The molecule has 0 bridgehead atoms. The number of ether oxygens (including phenoxy) is 1. The van der Waals surface area contributed by atoms with Crippen molar-refractivity contribution in [2.75, 3.05) is 11.5 Å². The minimum absolute atomic E-state index is 0.371. The van der Waals surface area contributed by atoms with Gasteiger partial charge in [-0.2, -0.15) is 11.8 Å². The third-order valence-electron chi connectivity index (χ3n) is 2.15. The lowest BCUT2D eigenvalue weighted by Gasteiger charge is -2.21. The van der Waals surface area contributed by atoms with Gasteiger partial charge in [0.2, 0.25) is 0 Å². The molecule has 1 amide bonds. The summed E-state index contributed by atoms with van der Waals surface area (Å²) in [6, 6.07) is -0.913. The van der Waals surface area contributed by atoms with E-state index in [-0.39, 0.29) is 0 Å². The molecular weight excluding hydrogens is 278 g/mol. The van der Waals surface area contributed by atoms with Gasteiger partial charge in [0.25, 0.3) is 0 Å². The zero-order chi connectivity index (χ0) is 15.8. The Bertz CT molecular complexity index is 357. The number of hydrogen-bond acceptors (Lipinski definition) is 4. The number of rotatable bonds is 7. The van der Waals surface area contributed by atoms with Crippen LogP contribution in [0.1, 0.15) is 41.0 Å². The number of aliphatic carboxylic acids is 1. The Morgan fingerprint density at radius 2 is 1.95 bits per heavy atom. The van der Waals surface area contributed by atoms with Gasteiger partial charge in [-0.25, -0.2) is 9.59 Å². The molecule has 0 aromatic rings. The predicted molar refractivity (Wildman–Crippen MR) is 82.2 cm³/mol. The zero-order valence-electron chi connectivity index (χ0n) is 12.9. The second-order valence-electron chi connectivity index (χ2n) is 5.68. The van der Waals surface area contributed by atoms with Crippen molar-refractivity contribution < 1.29 is 19.4 Å². The summed E-state index contributed by atoms with van der Waals surface area (Å²) in [7, 11) is 0. The Hall–Kier alpha value is -1.17. The van der Waals surface area contributed by atoms with Gasteiger partial charge in [0.1, 0.15) is 11.6 Å². The maximum atomic E-state index is 11.5. The van der Waals surface area contributed by atoms with E-state index in [0.717, 1.165) is 5.75 Å². The summed E-state index contributed by atoms with van der Waals surface area (Å²) in [5.74, 6) is 0.469. The number of nitrogens with one attached hydrogen (secondary N) is 1. The van der Waals surface area contributed by atoms with Gasteiger partial charge in [0, 0.05) is 5.75 Å². The molecular formula is C14H25NO4S. The summed E-state index contributed by atoms with van der Waals surface area (Å²) < 4.78 is 5.05. The molecule has 0 radical (unpaired) electrons. The van der Waals surface area contributed by atoms with Crippen molar-refractivity contribution in [2.24, 2.45) is 0 Å². The van der Waals surface area contributed by atoms with Crippen LogP contribution < -0.4 is 5.32 Å². The third-order valence-corrected chi connectivity index (χ3v) is 3.08. The van der Waals surface area contributed by atoms with E-state index in [0.29, 0.717) is 12.2 Å². The molecule has 0 spiro atoms. The predicted octanol–water partition coefficient (Wildman–Crippen LogP) is 3.05. The standard InChI is InChI=1S/C14H25NO4S/c1-10(2)6-8-20-9-7-11(12(16)17)15-13(18)19-14(3,4)5/h6,11H,7-9H2,1-5H3,(H,15,18)(H,16,17). The van der Waals surface area contributed by atoms with Gasteiger partial charge in [-0.15, -0.1) is 0 Å². The Balaban J connectivity index is 4.15. The quantitative estimate of drug-likeness (QED) is 0.558. The number of carbonyl (C=O) groups is 2. The van der Waals surface area contributed by atoms with Crippen molar-refractivity contribution in [1.29, 1.82) is 0 Å². The Morgan fingerprint density at radius 1 is 1.35 bits per heavy atom. The minimum Gasteiger partial charge on any atom is -0.480 e. The number of alkyl carbamates (subject to hydrolysis) is 1. The summed E-state index contributed by atoms with van der Waals surface area (Å²) in [5, 5.41) is 11.5. The fraction of sp³-hybridized carbons (Fsp3) is 0.714. The number of allylic oxidation sites excluding steroid dienone is 1. The first-order valence-electron chi connectivity index (χ1n) is 6.55. The van der Waals surface area contributed by atoms with Crippen molar-refractivity contribution in [2.45, 2.75) is 52.7 Å². The Labute approximate surface area is 125 Å². The normalized spacial score (nSPS) is 12.4. The average Bonchev–Trinajstić information content (AvgIpc) is 2.23. The molecule has 0 aliphatic carbocycles. The average molecular weight is 303 g/mol. The van der Waals surface area contributed by atoms with E-state index in [1.54, 1.807) is 32.5 Å². The molecule has 116 valence electrons. The monoisotopic (exact) mass is 303 g/mol. The zero-order valence-corrected chi connectivity index (χ0v) is 13.7. The second-order valence-corrected chi connectivity index (χ2v) is 6.83. The first-order valence-corrected chi connectivity index (χ1v) is 7.70. The molecule has 0 aromatic heterocycles. The van der Waals surface area contributed by atoms with Crippen molar-refractivity contribution >= 4 is 23.8 Å². The summed E-state index contributed by atoms with van der Waals surface area (Å²) in [6.07, 6.45) is 1.76. The molecule has 0 heterocycles. The lowest BCUT2D eigenvalue weighted by atomic mass is 10.2. The molecule has 0 fully saturated rings. The number of carboxylic acid groups (broad SMARTS) is 1. The molecule has 0 aliphatic rings. The summed E-state index contributed by atoms with van der Waals surface area (Å²) in [6.45, 7) is 9.24. The highest BCUT2D eigenvalue weighted by Crippen LogP contribution is 2.09. The molecule has 0 rings (SSSR count). The maximum Gasteiger partial charge on any atom is 0.408 e. The summed E-state index contributed by atoms with van der Waals surface area (Å²) >= 11 is 1.64. The lowest BCUT2D eigenvalue weighted by molar-refractivity contribution is -0.139. The van der Waals surface area contributed by atoms with Crippen molar-refractivity contribution in [3.63, 3.8) is 0 Å². The number of amides is 1. The molecule has 0 saturated heterocycles. The van der Waals surface area contributed by atoms with Gasteiger partial charge in [-0.3, -0.25) is 0 Å². The summed E-state index contributed by atoms with van der Waals surface area (Å²) in [5.41, 5.74) is 0.602. The van der Waals surface area contributed by atoms with Gasteiger partial charge in [-0.05, 0) is 46.8 Å². The third kappa shape index (κ3) is 10.7. The fourth-order valence-electron chi connectivity index (χ4n) is 1.22. The van der Waals surface area contributed by atoms with Crippen LogP contribution in [0.5, 0.6) is 0 Å². The van der Waals surface area contributed by atoms with Crippen molar-refractivity contribution in [3.8, 4) is 0 Å². The van der Waals surface area contributed by atoms with E-state index >= 15 is 0 Å². The Morgan fingerprint density at radius 3 is 2.40 bits per heavy atom. The SMILES string of the molecule is CC(C)=CCSCCC(NC(=O)OC(C)(C)C)C(=O)O. The van der Waals surface area contributed by atoms with Crippen LogP contribution >= 0.6 is 11.8 Å². The van der Waals surface area contributed by atoms with E-state index in [1.807, 2.05) is 13.8 Å². The first-order chi connectivity index (χ1) is 9.11. The highest BCUT2D eigenvalue weighted by molar-refractivity contribution is 7.99. The van der Waals surface area contributed by atoms with Crippen molar-refractivity contribution in [3.05, 3.63) is 11.6 Å². The molecule has 5 nitrogen and oxygen atoms in total. The van der Waals surface area contributed by atoms with E-state index in [2.05, 4.69) is 11.4 Å². The van der Waals surface area contributed by atoms with Crippen LogP contribution in [0.4, 0.5) is 4.79 Å². The van der Waals surface area contributed by atoms with Gasteiger partial charge in [0.05, 0.1) is 0 Å². The van der Waals surface area contributed by atoms with Crippen LogP contribution in [0.2, 0.25) is 0 Å². The smallest absolute Gasteiger partial charge is 0.408 e. The van der Waals surface area contributed by atoms with Crippen LogP contribution in [-0.2, 0) is 9.53 Å². The highest BCUT2D eigenvalue weighted by Gasteiger charge is 2.23. The number of carboxylic acids is 1. The molecule has 0 aromatic carbocycles. The molecule has 2 N–H and O–H groups in total. The van der Waals surface area contributed by atoms with Crippen LogP contribution in [0.15, 0.2) is 11.6 Å². The van der Waals surface area contributed by atoms with Gasteiger partial charge >= 0.3 is 12.1 Å². The topological polar surface area (TPSA) is 75.6 Å². The Kier molecular flexibility index (Phi) is 8.37. The van der Waals surface area contributed by atoms with Crippen LogP contribution in [-0.4, -0.2) is 40.3 Å². The number of thioether (sulfide) groups is 1. The molecule has 1 unspecified atom stereocenters. The van der Waals surface area contributed by atoms with E-state index in [1.165, 1.54) is 5.57 Å². The minimum atomic E-state index is -1.04. The van der Waals surface area contributed by atoms with Gasteiger partial charge in [-0.1, -0.05) is 11.6 Å². The number of carbonyl (C=O) groups excluding carboxylic acids is 1. The molecule has 0 aliphatic heterocycles. The van der Waals surface area contributed by atoms with E-state index < -0.39 is 23.7 Å². The molecule has 1 atom stereocenters. The highest BCUT2D eigenvalue weighted by atomic mass is 32.2. The molecule has 20 heavy (non-hydrogen) atoms. The molecule has 0 saturated carbocycles. The van der Waals surface area contributed by atoms with Crippen LogP contribution in [0.3, 0.4) is 0 Å². The van der Waals surface area contributed by atoms with Crippen LogP contribution in [0.25, 0.3) is 0 Å².